The Bertz CT molecular complexity index is 1330. The van der Waals surface area contributed by atoms with E-state index in [1.54, 1.807) is 29.0 Å². The number of hydrogen-bond donors (Lipinski definition) is 2. The van der Waals surface area contributed by atoms with Crippen molar-refractivity contribution in [2.45, 2.75) is 26.3 Å². The van der Waals surface area contributed by atoms with E-state index in [2.05, 4.69) is 33.6 Å². The first kappa shape index (κ1) is 20.2. The lowest BCUT2D eigenvalue weighted by atomic mass is 9.96. The van der Waals surface area contributed by atoms with Gasteiger partial charge < -0.3 is 10.6 Å². The van der Waals surface area contributed by atoms with Crippen LogP contribution in [-0.4, -0.2) is 37.4 Å². The highest BCUT2D eigenvalue weighted by atomic mass is 19.1. The van der Waals surface area contributed by atoms with Crippen molar-refractivity contribution in [3.05, 3.63) is 59.9 Å². The van der Waals surface area contributed by atoms with E-state index in [-0.39, 0.29) is 11.8 Å². The fourth-order valence-corrected chi connectivity index (χ4v) is 4.33. The highest BCUT2D eigenvalue weighted by molar-refractivity contribution is 5.87. The Balaban J connectivity index is 1.48. The number of nitriles is 1. The molecule has 3 aromatic heterocycles. The molecule has 1 aromatic carbocycles. The lowest BCUT2D eigenvalue weighted by molar-refractivity contribution is 0.255. The quantitative estimate of drug-likeness (QED) is 0.511. The average Bonchev–Trinajstić information content (AvgIpc) is 3.39. The number of hydrogen-bond acceptors (Lipinski definition) is 6. The Morgan fingerprint density at radius 1 is 1.31 bits per heavy atom. The summed E-state index contributed by atoms with van der Waals surface area (Å²) in [5.41, 5.74) is 2.86. The fraction of sp³-hybridized carbons (Fsp3) is 0.304. The van der Waals surface area contributed by atoms with E-state index in [1.165, 1.54) is 0 Å². The summed E-state index contributed by atoms with van der Waals surface area (Å²) in [5.74, 6) is 0.321. The average molecular weight is 430 g/mol. The van der Waals surface area contributed by atoms with Gasteiger partial charge in [0, 0.05) is 17.8 Å². The molecule has 0 spiro atoms. The third-order valence-electron chi connectivity index (χ3n) is 6.05. The van der Waals surface area contributed by atoms with Gasteiger partial charge >= 0.3 is 0 Å². The largest absolute Gasteiger partial charge is 0.321 e. The number of rotatable bonds is 4. The topological polar surface area (TPSA) is 96.4 Å². The van der Waals surface area contributed by atoms with Crippen LogP contribution >= 0.6 is 0 Å². The number of nitrogens with one attached hydrogen (secondary N) is 2. The molecular weight excluding hydrogens is 407 g/mol. The van der Waals surface area contributed by atoms with Gasteiger partial charge in [-0.2, -0.15) is 15.3 Å². The van der Waals surface area contributed by atoms with Crippen LogP contribution in [0.5, 0.6) is 0 Å². The van der Waals surface area contributed by atoms with Gasteiger partial charge in [0.1, 0.15) is 0 Å². The number of piperidine rings is 1. The van der Waals surface area contributed by atoms with Gasteiger partial charge in [0.25, 0.3) is 0 Å². The van der Waals surface area contributed by atoms with Crippen LogP contribution in [0.3, 0.4) is 0 Å². The van der Waals surface area contributed by atoms with Crippen molar-refractivity contribution >= 4 is 22.5 Å². The lowest BCUT2D eigenvalue weighted by Gasteiger charge is -2.29. The first-order valence-corrected chi connectivity index (χ1v) is 10.6. The summed E-state index contributed by atoms with van der Waals surface area (Å²) in [5, 5.41) is 21.4. The van der Waals surface area contributed by atoms with Gasteiger partial charge in [-0.05, 0) is 50.6 Å². The van der Waals surface area contributed by atoms with E-state index in [4.69, 9.17) is 5.10 Å². The molecule has 4 heterocycles. The van der Waals surface area contributed by atoms with E-state index in [9.17, 15) is 9.65 Å². The molecule has 1 aliphatic rings. The summed E-state index contributed by atoms with van der Waals surface area (Å²) >= 11 is 0. The molecule has 0 saturated carbocycles. The molecule has 32 heavy (non-hydrogen) atoms. The summed E-state index contributed by atoms with van der Waals surface area (Å²) in [7, 11) is 0. The number of aryl methyl sites for hydroxylation is 1. The van der Waals surface area contributed by atoms with Crippen molar-refractivity contribution in [2.75, 3.05) is 18.4 Å². The molecule has 1 fully saturated rings. The van der Waals surface area contributed by atoms with Gasteiger partial charge in [-0.3, -0.25) is 9.25 Å². The molecule has 0 unspecified atom stereocenters. The first-order chi connectivity index (χ1) is 15.5. The molecule has 0 aliphatic carbocycles. The zero-order valence-corrected chi connectivity index (χ0v) is 17.9. The maximum Gasteiger partial charge on any atom is 0.229 e. The molecular formula is C23H23FN8. The number of anilines is 2. The summed E-state index contributed by atoms with van der Waals surface area (Å²) in [6.45, 7) is 6.09. The molecule has 4 aromatic rings. The second-order valence-electron chi connectivity index (χ2n) is 8.17. The molecule has 1 saturated heterocycles. The molecule has 1 aliphatic heterocycles. The number of nitrogens with zero attached hydrogens (tertiary/aromatic N) is 6. The molecule has 9 heteroatoms. The number of fused-ring (bicyclic) bond motifs is 1. The van der Waals surface area contributed by atoms with E-state index >= 15 is 0 Å². The molecule has 2 N–H and O–H groups in total. The van der Waals surface area contributed by atoms with Crippen molar-refractivity contribution in [3.8, 4) is 11.9 Å². The summed E-state index contributed by atoms with van der Waals surface area (Å²) in [6, 6.07) is 9.63. The van der Waals surface area contributed by atoms with Crippen LogP contribution < -0.4 is 10.6 Å². The standard InChI is InChI=1S/C23H23FN8/c1-14-11-26-8-6-20(14)32-13-19(15(2)30-32)28-23-27-12-18(24)22(29-23)31-9-7-17-16(10-25)4-3-5-21(17)31/h3-5,7,9,12-14,20,26H,6,8,11H2,1-2H3,(H,27,28,29)/t14-,20-/m0/s1. The van der Waals surface area contributed by atoms with Crippen LogP contribution in [0.1, 0.15) is 30.6 Å². The van der Waals surface area contributed by atoms with Crippen LogP contribution in [0.25, 0.3) is 16.7 Å². The summed E-state index contributed by atoms with van der Waals surface area (Å²) in [4.78, 5) is 8.56. The highest BCUT2D eigenvalue weighted by Crippen LogP contribution is 2.28. The summed E-state index contributed by atoms with van der Waals surface area (Å²) in [6.07, 6.45) is 5.85. The number of halogens is 1. The normalized spacial score (nSPS) is 18.6. The van der Waals surface area contributed by atoms with Crippen LogP contribution in [0, 0.1) is 30.0 Å². The predicted octanol–water partition coefficient (Wildman–Crippen LogP) is 3.85. The lowest BCUT2D eigenvalue weighted by Crippen LogP contribution is -2.36. The zero-order valence-electron chi connectivity index (χ0n) is 17.9. The SMILES string of the molecule is Cc1nn([C@H]2CCNC[C@@H]2C)cc1Nc1ncc(F)c(-n2ccc3c(C#N)cccc32)n1. The Morgan fingerprint density at radius 3 is 3.00 bits per heavy atom. The van der Waals surface area contributed by atoms with Crippen molar-refractivity contribution in [1.29, 1.82) is 5.26 Å². The highest BCUT2D eigenvalue weighted by Gasteiger charge is 2.24. The van der Waals surface area contributed by atoms with E-state index < -0.39 is 5.82 Å². The molecule has 5 rings (SSSR count). The second-order valence-corrected chi connectivity index (χ2v) is 8.17. The van der Waals surface area contributed by atoms with Gasteiger partial charge in [-0.1, -0.05) is 13.0 Å². The second kappa shape index (κ2) is 8.05. The van der Waals surface area contributed by atoms with Gasteiger partial charge in [0.2, 0.25) is 5.95 Å². The predicted molar refractivity (Wildman–Crippen MR) is 119 cm³/mol. The maximum atomic E-state index is 14.7. The van der Waals surface area contributed by atoms with Gasteiger partial charge in [-0.15, -0.1) is 0 Å². The smallest absolute Gasteiger partial charge is 0.229 e. The molecule has 0 amide bonds. The van der Waals surface area contributed by atoms with Gasteiger partial charge in [-0.25, -0.2) is 9.37 Å². The Hall–Kier alpha value is -3.77. The minimum absolute atomic E-state index is 0.115. The Labute approximate surface area is 184 Å². The molecule has 2 atom stereocenters. The molecule has 0 radical (unpaired) electrons. The minimum atomic E-state index is -0.550. The van der Waals surface area contributed by atoms with Crippen molar-refractivity contribution < 1.29 is 4.39 Å². The van der Waals surface area contributed by atoms with Gasteiger partial charge in [0.05, 0.1) is 40.8 Å². The van der Waals surface area contributed by atoms with Crippen LogP contribution in [0.2, 0.25) is 0 Å². The Morgan fingerprint density at radius 2 is 2.19 bits per heavy atom. The van der Waals surface area contributed by atoms with E-state index in [0.717, 1.165) is 42.5 Å². The minimum Gasteiger partial charge on any atom is -0.321 e. The van der Waals surface area contributed by atoms with Crippen LogP contribution in [0.15, 0.2) is 42.9 Å². The fourth-order valence-electron chi connectivity index (χ4n) is 4.33. The Kier molecular flexibility index (Phi) is 5.07. The van der Waals surface area contributed by atoms with Crippen LogP contribution in [-0.2, 0) is 0 Å². The molecule has 0 bridgehead atoms. The van der Waals surface area contributed by atoms with E-state index in [1.807, 2.05) is 23.9 Å². The van der Waals surface area contributed by atoms with E-state index in [0.29, 0.717) is 23.0 Å². The molecule has 162 valence electrons. The van der Waals surface area contributed by atoms with Crippen molar-refractivity contribution in [1.82, 2.24) is 29.6 Å². The number of aromatic nitrogens is 5. The van der Waals surface area contributed by atoms with Gasteiger partial charge in [0.15, 0.2) is 11.6 Å². The molecule has 8 nitrogen and oxygen atoms in total. The van der Waals surface area contributed by atoms with Crippen LogP contribution in [0.4, 0.5) is 16.0 Å². The van der Waals surface area contributed by atoms with Crippen molar-refractivity contribution in [3.63, 3.8) is 0 Å². The van der Waals surface area contributed by atoms with Crippen molar-refractivity contribution in [2.24, 2.45) is 5.92 Å². The third-order valence-corrected chi connectivity index (χ3v) is 6.05. The maximum absolute atomic E-state index is 14.7. The third kappa shape index (κ3) is 3.48. The zero-order chi connectivity index (χ0) is 22.2. The summed E-state index contributed by atoms with van der Waals surface area (Å²) < 4.78 is 18.3. The number of benzene rings is 1. The monoisotopic (exact) mass is 430 g/mol. The first-order valence-electron chi connectivity index (χ1n) is 10.6.